The Morgan fingerprint density at radius 1 is 1.12 bits per heavy atom. The normalized spacial score (nSPS) is 16.7. The molecule has 90 valence electrons. The minimum atomic E-state index is -3.21. The van der Waals surface area contributed by atoms with E-state index in [1.807, 2.05) is 0 Å². The van der Waals surface area contributed by atoms with Gasteiger partial charge in [-0.2, -0.15) is 4.99 Å². The molecule has 0 unspecified atom stereocenters. The second-order valence-electron chi connectivity index (χ2n) is 4.15. The third-order valence-corrected chi connectivity index (χ3v) is 5.36. The molecule has 0 spiro atoms. The van der Waals surface area contributed by atoms with Crippen molar-refractivity contribution in [2.45, 2.75) is 35.8 Å². The Morgan fingerprint density at radius 3 is 2.24 bits per heavy atom. The predicted molar refractivity (Wildman–Crippen MR) is 63.7 cm³/mol. The zero-order valence-electron chi connectivity index (χ0n) is 9.30. The van der Waals surface area contributed by atoms with E-state index in [0.29, 0.717) is 10.6 Å². The molecule has 0 amide bonds. The Bertz CT molecular complexity index is 536. The highest BCUT2D eigenvalue weighted by molar-refractivity contribution is 7.92. The Kier molecular flexibility index (Phi) is 3.41. The number of hydrogen-bond acceptors (Lipinski definition) is 4. The molecule has 0 aliphatic heterocycles. The number of isocyanates is 1. The van der Waals surface area contributed by atoms with Crippen LogP contribution in [0.4, 0.5) is 5.69 Å². The van der Waals surface area contributed by atoms with Crippen molar-refractivity contribution in [2.75, 3.05) is 0 Å². The van der Waals surface area contributed by atoms with E-state index in [0.717, 1.165) is 25.7 Å². The van der Waals surface area contributed by atoms with E-state index in [1.54, 1.807) is 0 Å². The Morgan fingerprint density at radius 2 is 1.71 bits per heavy atom. The maximum atomic E-state index is 12.2. The number of nitrogens with zero attached hydrogens (tertiary/aromatic N) is 1. The second-order valence-corrected chi connectivity index (χ2v) is 6.38. The molecule has 2 rings (SSSR count). The van der Waals surface area contributed by atoms with E-state index in [2.05, 4.69) is 4.99 Å². The molecule has 1 aromatic carbocycles. The van der Waals surface area contributed by atoms with Crippen LogP contribution in [0, 0.1) is 0 Å². The van der Waals surface area contributed by atoms with Crippen LogP contribution in [-0.4, -0.2) is 19.7 Å². The predicted octanol–water partition coefficient (Wildman–Crippen LogP) is 2.37. The lowest BCUT2D eigenvalue weighted by molar-refractivity contribution is 0.565. The molecule has 1 aromatic rings. The van der Waals surface area contributed by atoms with Gasteiger partial charge in [0.25, 0.3) is 0 Å². The first-order chi connectivity index (χ1) is 8.14. The number of aliphatic imine (C=N–C) groups is 1. The molecule has 4 nitrogen and oxygen atoms in total. The molecule has 1 aliphatic carbocycles. The van der Waals surface area contributed by atoms with Gasteiger partial charge in [-0.1, -0.05) is 12.8 Å². The lowest BCUT2D eigenvalue weighted by atomic mass is 10.3. The van der Waals surface area contributed by atoms with Gasteiger partial charge < -0.3 is 0 Å². The van der Waals surface area contributed by atoms with Crippen LogP contribution < -0.4 is 0 Å². The first-order valence-electron chi connectivity index (χ1n) is 5.56. The van der Waals surface area contributed by atoms with Crippen molar-refractivity contribution in [3.63, 3.8) is 0 Å². The molecule has 17 heavy (non-hydrogen) atoms. The fraction of sp³-hybridized carbons (Fsp3) is 0.417. The Labute approximate surface area is 100 Å². The number of hydrogen-bond donors (Lipinski definition) is 0. The van der Waals surface area contributed by atoms with Gasteiger partial charge in [0, 0.05) is 0 Å². The van der Waals surface area contributed by atoms with Crippen LogP contribution in [0.15, 0.2) is 34.2 Å². The SMILES string of the molecule is O=C=Nc1ccc(S(=O)(=O)C2CCCC2)cc1. The standard InChI is InChI=1S/C12H13NO3S/c14-9-13-10-5-7-12(8-6-10)17(15,16)11-3-1-2-4-11/h5-8,11H,1-4H2. The fourth-order valence-corrected chi connectivity index (χ4v) is 4.01. The van der Waals surface area contributed by atoms with E-state index >= 15 is 0 Å². The lowest BCUT2D eigenvalue weighted by Crippen LogP contribution is -2.17. The summed E-state index contributed by atoms with van der Waals surface area (Å²) in [6.45, 7) is 0. The largest absolute Gasteiger partial charge is 0.240 e. The summed E-state index contributed by atoms with van der Waals surface area (Å²) in [4.78, 5) is 13.8. The summed E-state index contributed by atoms with van der Waals surface area (Å²) in [5, 5.41) is -0.247. The molecule has 0 atom stereocenters. The highest BCUT2D eigenvalue weighted by Crippen LogP contribution is 2.30. The summed E-state index contributed by atoms with van der Waals surface area (Å²) >= 11 is 0. The van der Waals surface area contributed by atoms with Gasteiger partial charge in [-0.05, 0) is 37.1 Å². The smallest absolute Gasteiger partial charge is 0.223 e. The molecule has 0 bridgehead atoms. The molecule has 0 heterocycles. The van der Waals surface area contributed by atoms with Crippen LogP contribution >= 0.6 is 0 Å². The summed E-state index contributed by atoms with van der Waals surface area (Å²) in [6.07, 6.45) is 4.88. The van der Waals surface area contributed by atoms with E-state index in [-0.39, 0.29) is 5.25 Å². The first-order valence-corrected chi connectivity index (χ1v) is 7.11. The first kappa shape index (κ1) is 12.0. The van der Waals surface area contributed by atoms with Crippen molar-refractivity contribution < 1.29 is 13.2 Å². The van der Waals surface area contributed by atoms with Crippen LogP contribution in [0.5, 0.6) is 0 Å². The molecule has 1 saturated carbocycles. The average molecular weight is 251 g/mol. The van der Waals surface area contributed by atoms with Gasteiger partial charge in [-0.25, -0.2) is 13.2 Å². The number of rotatable bonds is 3. The molecule has 1 aliphatic rings. The van der Waals surface area contributed by atoms with Crippen LogP contribution in [0.1, 0.15) is 25.7 Å². The van der Waals surface area contributed by atoms with Gasteiger partial charge in [0.05, 0.1) is 15.8 Å². The van der Waals surface area contributed by atoms with Crippen molar-refractivity contribution in [3.8, 4) is 0 Å². The van der Waals surface area contributed by atoms with Crippen LogP contribution in [0.3, 0.4) is 0 Å². The van der Waals surface area contributed by atoms with Crippen molar-refractivity contribution in [3.05, 3.63) is 24.3 Å². The summed E-state index contributed by atoms with van der Waals surface area (Å²) in [7, 11) is -3.21. The summed E-state index contributed by atoms with van der Waals surface area (Å²) in [6, 6.07) is 6.05. The highest BCUT2D eigenvalue weighted by Gasteiger charge is 2.29. The van der Waals surface area contributed by atoms with Crippen LogP contribution in [-0.2, 0) is 14.6 Å². The zero-order chi connectivity index (χ0) is 12.3. The summed E-state index contributed by atoms with van der Waals surface area (Å²) < 4.78 is 24.4. The maximum Gasteiger partial charge on any atom is 0.240 e. The van der Waals surface area contributed by atoms with E-state index in [4.69, 9.17) is 0 Å². The van der Waals surface area contributed by atoms with Gasteiger partial charge in [-0.15, -0.1) is 0 Å². The second kappa shape index (κ2) is 4.82. The van der Waals surface area contributed by atoms with Gasteiger partial charge in [0.1, 0.15) is 0 Å². The minimum absolute atomic E-state index is 0.247. The number of benzene rings is 1. The fourth-order valence-electron chi connectivity index (χ4n) is 2.15. The molecule has 1 fully saturated rings. The maximum absolute atomic E-state index is 12.2. The minimum Gasteiger partial charge on any atom is -0.223 e. The highest BCUT2D eigenvalue weighted by atomic mass is 32.2. The van der Waals surface area contributed by atoms with E-state index in [1.165, 1.54) is 30.3 Å². The van der Waals surface area contributed by atoms with Crippen LogP contribution in [0.2, 0.25) is 0 Å². The summed E-state index contributed by atoms with van der Waals surface area (Å²) in [5.41, 5.74) is 0.422. The third-order valence-electron chi connectivity index (χ3n) is 3.08. The van der Waals surface area contributed by atoms with Gasteiger partial charge in [0.2, 0.25) is 6.08 Å². The Balaban J connectivity index is 2.30. The molecule has 0 N–H and O–H groups in total. The van der Waals surface area contributed by atoms with E-state index in [9.17, 15) is 13.2 Å². The average Bonchev–Trinajstić information content (AvgIpc) is 2.84. The third kappa shape index (κ3) is 2.46. The van der Waals surface area contributed by atoms with Crippen molar-refractivity contribution >= 4 is 21.6 Å². The topological polar surface area (TPSA) is 63.6 Å². The van der Waals surface area contributed by atoms with Crippen molar-refractivity contribution in [2.24, 2.45) is 4.99 Å². The molecular formula is C12H13NO3S. The Hall–Kier alpha value is -1.45. The monoisotopic (exact) mass is 251 g/mol. The van der Waals surface area contributed by atoms with E-state index < -0.39 is 9.84 Å². The molecule has 5 heteroatoms. The molecule has 0 radical (unpaired) electrons. The summed E-state index contributed by atoms with van der Waals surface area (Å²) in [5.74, 6) is 0. The number of sulfone groups is 1. The van der Waals surface area contributed by atoms with Gasteiger partial charge >= 0.3 is 0 Å². The quantitative estimate of drug-likeness (QED) is 0.612. The van der Waals surface area contributed by atoms with Crippen molar-refractivity contribution in [1.29, 1.82) is 0 Å². The van der Waals surface area contributed by atoms with Crippen LogP contribution in [0.25, 0.3) is 0 Å². The molecule has 0 saturated heterocycles. The number of carbonyl (C=O) groups excluding carboxylic acids is 1. The molecular weight excluding hydrogens is 238 g/mol. The zero-order valence-corrected chi connectivity index (χ0v) is 10.1. The van der Waals surface area contributed by atoms with Crippen molar-refractivity contribution in [1.82, 2.24) is 0 Å². The van der Waals surface area contributed by atoms with Gasteiger partial charge in [-0.3, -0.25) is 0 Å². The molecule has 0 aromatic heterocycles. The lowest BCUT2D eigenvalue weighted by Gasteiger charge is -2.10. The van der Waals surface area contributed by atoms with Gasteiger partial charge in [0.15, 0.2) is 9.84 Å².